The van der Waals surface area contributed by atoms with Crippen molar-refractivity contribution in [2.75, 3.05) is 23.8 Å². The topological polar surface area (TPSA) is 86.8 Å². The molecule has 2 aliphatic rings. The lowest BCUT2D eigenvalue weighted by molar-refractivity contribution is -0.125. The van der Waals surface area contributed by atoms with Crippen LogP contribution in [-0.4, -0.2) is 44.2 Å². The van der Waals surface area contributed by atoms with Gasteiger partial charge in [-0.05, 0) is 69.0 Å². The van der Waals surface area contributed by atoms with Crippen molar-refractivity contribution in [3.8, 4) is 0 Å². The van der Waals surface area contributed by atoms with Crippen LogP contribution in [0.15, 0.2) is 47.4 Å². The summed E-state index contributed by atoms with van der Waals surface area (Å²) >= 11 is 0. The Hall–Kier alpha value is -2.71. The lowest BCUT2D eigenvalue weighted by Gasteiger charge is -2.32. The molecule has 2 aromatic rings. The number of nitrogens with one attached hydrogen (secondary N) is 1. The zero-order chi connectivity index (χ0) is 23.0. The highest BCUT2D eigenvalue weighted by Crippen LogP contribution is 2.38. The Labute approximate surface area is 189 Å². The highest BCUT2D eigenvalue weighted by molar-refractivity contribution is 7.89. The van der Waals surface area contributed by atoms with Gasteiger partial charge >= 0.3 is 0 Å². The molecule has 2 amide bonds. The van der Waals surface area contributed by atoms with E-state index in [-0.39, 0.29) is 29.3 Å². The first-order chi connectivity index (χ1) is 15.2. The van der Waals surface area contributed by atoms with Crippen LogP contribution >= 0.6 is 0 Å². The standard InChI is InChI=1S/C24H29N3O4S/c1-16-7-9-20(10-8-16)25-23(28)15-26(3)32(30,31)21-11-12-22-19(14-21)13-17(2)27(22)24(29)18-5-4-6-18/h7-12,14,17-18H,4-6,13,15H2,1-3H3,(H,25,28). The first-order valence-corrected chi connectivity index (χ1v) is 12.4. The second kappa shape index (κ2) is 8.67. The Balaban J connectivity index is 1.48. The molecular weight excluding hydrogens is 426 g/mol. The van der Waals surface area contributed by atoms with E-state index in [2.05, 4.69) is 5.32 Å². The van der Waals surface area contributed by atoms with Crippen LogP contribution in [0.2, 0.25) is 0 Å². The molecule has 1 atom stereocenters. The number of sulfonamides is 1. The molecule has 1 heterocycles. The number of hydrogen-bond donors (Lipinski definition) is 1. The fraction of sp³-hybridized carbons (Fsp3) is 0.417. The Kier molecular flexibility index (Phi) is 6.09. The van der Waals surface area contributed by atoms with Gasteiger partial charge in [-0.1, -0.05) is 24.1 Å². The Morgan fingerprint density at radius 1 is 1.12 bits per heavy atom. The van der Waals surface area contributed by atoms with Crippen LogP contribution in [0.5, 0.6) is 0 Å². The SMILES string of the molecule is Cc1ccc(NC(=O)CN(C)S(=O)(=O)c2ccc3c(c2)CC(C)N3C(=O)C2CCC2)cc1. The fourth-order valence-electron chi connectivity index (χ4n) is 4.26. The molecule has 0 aromatic heterocycles. The van der Waals surface area contributed by atoms with Crippen molar-refractivity contribution in [1.82, 2.24) is 4.31 Å². The summed E-state index contributed by atoms with van der Waals surface area (Å²) in [6, 6.07) is 12.2. The van der Waals surface area contributed by atoms with Crippen LogP contribution in [0, 0.1) is 12.8 Å². The van der Waals surface area contributed by atoms with Crippen LogP contribution < -0.4 is 10.2 Å². The van der Waals surface area contributed by atoms with Crippen molar-refractivity contribution >= 4 is 33.2 Å². The fourth-order valence-corrected chi connectivity index (χ4v) is 5.44. The molecule has 1 aliphatic heterocycles. The molecular formula is C24H29N3O4S. The normalized spacial score (nSPS) is 18.4. The van der Waals surface area contributed by atoms with E-state index in [1.54, 1.807) is 24.3 Å². The Morgan fingerprint density at radius 3 is 2.44 bits per heavy atom. The number of amides is 2. The van der Waals surface area contributed by atoms with Crippen molar-refractivity contribution in [3.05, 3.63) is 53.6 Å². The number of nitrogens with zero attached hydrogens (tertiary/aromatic N) is 2. The molecule has 0 saturated heterocycles. The maximum Gasteiger partial charge on any atom is 0.243 e. The summed E-state index contributed by atoms with van der Waals surface area (Å²) in [6.07, 6.45) is 3.57. The number of rotatable bonds is 6. The van der Waals surface area contributed by atoms with E-state index < -0.39 is 15.9 Å². The molecule has 2 aromatic carbocycles. The smallest absolute Gasteiger partial charge is 0.243 e. The predicted octanol–water partition coefficient (Wildman–Crippen LogP) is 3.33. The van der Waals surface area contributed by atoms with Gasteiger partial charge < -0.3 is 10.2 Å². The number of fused-ring (bicyclic) bond motifs is 1. The maximum absolute atomic E-state index is 13.1. The second-order valence-corrected chi connectivity index (χ2v) is 10.9. The summed E-state index contributed by atoms with van der Waals surface area (Å²) in [5.74, 6) is -0.181. The van der Waals surface area contributed by atoms with E-state index in [4.69, 9.17) is 0 Å². The molecule has 8 heteroatoms. The van der Waals surface area contributed by atoms with Gasteiger partial charge in [0.25, 0.3) is 0 Å². The van der Waals surface area contributed by atoms with E-state index in [0.717, 1.165) is 40.4 Å². The third-order valence-electron chi connectivity index (χ3n) is 6.37. The van der Waals surface area contributed by atoms with Crippen molar-refractivity contribution in [2.45, 2.75) is 50.5 Å². The average Bonchev–Trinajstić information content (AvgIpc) is 3.03. The van der Waals surface area contributed by atoms with Gasteiger partial charge in [0.1, 0.15) is 0 Å². The molecule has 0 radical (unpaired) electrons. The molecule has 1 fully saturated rings. The maximum atomic E-state index is 13.1. The molecule has 7 nitrogen and oxygen atoms in total. The summed E-state index contributed by atoms with van der Waals surface area (Å²) < 4.78 is 27.2. The number of likely N-dealkylation sites (N-methyl/N-ethyl adjacent to an activating group) is 1. The zero-order valence-electron chi connectivity index (χ0n) is 18.7. The minimum absolute atomic E-state index is 0.00840. The van der Waals surface area contributed by atoms with Gasteiger partial charge in [-0.2, -0.15) is 4.31 Å². The average molecular weight is 456 g/mol. The minimum Gasteiger partial charge on any atom is -0.325 e. The zero-order valence-corrected chi connectivity index (χ0v) is 19.5. The predicted molar refractivity (Wildman–Crippen MR) is 124 cm³/mol. The molecule has 0 bridgehead atoms. The van der Waals surface area contributed by atoms with E-state index >= 15 is 0 Å². The van der Waals surface area contributed by atoms with E-state index in [0.29, 0.717) is 12.1 Å². The van der Waals surface area contributed by atoms with Crippen molar-refractivity contribution in [1.29, 1.82) is 0 Å². The molecule has 0 spiro atoms. The van der Waals surface area contributed by atoms with E-state index in [1.165, 1.54) is 13.1 Å². The van der Waals surface area contributed by atoms with Crippen LogP contribution in [-0.2, 0) is 26.0 Å². The lowest BCUT2D eigenvalue weighted by Crippen LogP contribution is -2.42. The highest BCUT2D eigenvalue weighted by Gasteiger charge is 2.37. The van der Waals surface area contributed by atoms with Gasteiger partial charge in [0.05, 0.1) is 11.4 Å². The number of aryl methyl sites for hydroxylation is 1. The van der Waals surface area contributed by atoms with Gasteiger partial charge in [-0.25, -0.2) is 8.42 Å². The summed E-state index contributed by atoms with van der Waals surface area (Å²) in [4.78, 5) is 27.2. The first-order valence-electron chi connectivity index (χ1n) is 11.0. The van der Waals surface area contributed by atoms with Crippen LogP contribution in [0.4, 0.5) is 11.4 Å². The molecule has 32 heavy (non-hydrogen) atoms. The second-order valence-electron chi connectivity index (χ2n) is 8.86. The van der Waals surface area contributed by atoms with Gasteiger partial charge in [0.15, 0.2) is 0 Å². The number of hydrogen-bond acceptors (Lipinski definition) is 4. The highest BCUT2D eigenvalue weighted by atomic mass is 32.2. The number of benzene rings is 2. The van der Waals surface area contributed by atoms with E-state index in [9.17, 15) is 18.0 Å². The van der Waals surface area contributed by atoms with Crippen LogP contribution in [0.1, 0.15) is 37.3 Å². The largest absolute Gasteiger partial charge is 0.325 e. The molecule has 1 unspecified atom stereocenters. The minimum atomic E-state index is -3.85. The summed E-state index contributed by atoms with van der Waals surface area (Å²) in [5, 5.41) is 2.72. The molecule has 1 saturated carbocycles. The third kappa shape index (κ3) is 4.29. The van der Waals surface area contributed by atoms with Crippen LogP contribution in [0.25, 0.3) is 0 Å². The van der Waals surface area contributed by atoms with Crippen molar-refractivity contribution < 1.29 is 18.0 Å². The van der Waals surface area contributed by atoms with Gasteiger partial charge in [0.2, 0.25) is 21.8 Å². The molecule has 4 rings (SSSR count). The monoisotopic (exact) mass is 455 g/mol. The van der Waals surface area contributed by atoms with Crippen molar-refractivity contribution in [2.24, 2.45) is 5.92 Å². The lowest BCUT2D eigenvalue weighted by atomic mass is 9.84. The Morgan fingerprint density at radius 2 is 1.81 bits per heavy atom. The summed E-state index contributed by atoms with van der Waals surface area (Å²) in [5.41, 5.74) is 3.34. The number of carbonyl (C=O) groups is 2. The van der Waals surface area contributed by atoms with Crippen molar-refractivity contribution in [3.63, 3.8) is 0 Å². The number of carbonyl (C=O) groups excluding carboxylic acids is 2. The first kappa shape index (κ1) is 22.5. The number of anilines is 2. The molecule has 170 valence electrons. The van der Waals surface area contributed by atoms with Gasteiger partial charge in [-0.15, -0.1) is 0 Å². The molecule has 1 N–H and O–H groups in total. The summed E-state index contributed by atoms with van der Waals surface area (Å²) in [6.45, 7) is 3.65. The third-order valence-corrected chi connectivity index (χ3v) is 8.17. The van der Waals surface area contributed by atoms with Crippen LogP contribution in [0.3, 0.4) is 0 Å². The summed E-state index contributed by atoms with van der Waals surface area (Å²) in [7, 11) is -2.46. The molecule has 1 aliphatic carbocycles. The Bertz CT molecular complexity index is 1140. The van der Waals surface area contributed by atoms with Gasteiger partial charge in [-0.3, -0.25) is 9.59 Å². The van der Waals surface area contributed by atoms with E-state index in [1.807, 2.05) is 30.9 Å². The quantitative estimate of drug-likeness (QED) is 0.724. The van der Waals surface area contributed by atoms with Gasteiger partial charge in [0, 0.05) is 30.4 Å².